The SMILES string of the molecule is CC/C=C\C/C=C\C/C=C\C/C=C\C/C=C\CCCCCC(=O)OC[C@H](COP(=O)(O)OC[C@@H](O)COP(=O)(O)OC[C@@H](COC(=O)CCCCCCC/C=C\CCCCCC)OC(=O)CC/C=C\C/C=C\C/C=C\C/C=C\C/C=C\CCCCC)OC(=O)CCCCCCC/C=C\CCCCCCCC. The summed E-state index contributed by atoms with van der Waals surface area (Å²) in [5.41, 5.74) is 0. The number of aliphatic hydroxyl groups excluding tert-OH is 1. The van der Waals surface area contributed by atoms with E-state index < -0.39 is 97.5 Å². The molecular weight excluding hydrogens is 1380 g/mol. The van der Waals surface area contributed by atoms with Crippen LogP contribution in [-0.2, 0) is 65.4 Å². The molecule has 3 N–H and O–H groups in total. The van der Waals surface area contributed by atoms with Gasteiger partial charge in [0.05, 0.1) is 26.4 Å². The molecule has 0 saturated carbocycles. The maximum absolute atomic E-state index is 13.1. The molecule has 0 rings (SSSR count). The van der Waals surface area contributed by atoms with Gasteiger partial charge in [0, 0.05) is 25.7 Å². The van der Waals surface area contributed by atoms with Gasteiger partial charge in [0.15, 0.2) is 12.2 Å². The molecule has 106 heavy (non-hydrogen) atoms. The maximum atomic E-state index is 13.1. The van der Waals surface area contributed by atoms with Gasteiger partial charge in [-0.1, -0.05) is 283 Å². The molecular formula is C87H146O17P2. The maximum Gasteiger partial charge on any atom is 0.472 e. The Labute approximate surface area is 643 Å². The summed E-state index contributed by atoms with van der Waals surface area (Å²) in [7, 11) is -10.0. The van der Waals surface area contributed by atoms with Crippen molar-refractivity contribution in [2.45, 2.75) is 341 Å². The quantitative estimate of drug-likeness (QED) is 0.0169. The number of aliphatic hydroxyl groups is 1. The number of phosphoric ester groups is 2. The lowest BCUT2D eigenvalue weighted by Gasteiger charge is -2.21. The zero-order chi connectivity index (χ0) is 77.4. The molecule has 0 aromatic rings. The summed E-state index contributed by atoms with van der Waals surface area (Å²) in [6.45, 7) is 4.58. The molecule has 0 aromatic heterocycles. The van der Waals surface area contributed by atoms with Crippen molar-refractivity contribution in [3.05, 3.63) is 146 Å². The Morgan fingerprint density at radius 3 is 0.858 bits per heavy atom. The lowest BCUT2D eigenvalue weighted by Crippen LogP contribution is -2.30. The van der Waals surface area contributed by atoms with E-state index in [1.807, 2.05) is 18.2 Å². The van der Waals surface area contributed by atoms with E-state index >= 15 is 0 Å². The molecule has 606 valence electrons. The minimum Gasteiger partial charge on any atom is -0.462 e. The Hall–Kier alpha value is -5.06. The number of rotatable bonds is 76. The fraction of sp³-hybridized carbons (Fsp3) is 0.678. The standard InChI is InChI=1S/C87H146O17P2/c1-5-9-13-17-21-25-29-33-36-38-40-42-45-48-52-56-60-64-68-72-85(90)98-78-83(103-86(91)73-69-65-61-57-53-49-44-35-31-27-23-19-15-11-7-3)80-102-106(95,96)100-76-81(88)75-99-105(93,94)101-79-82(77-97-84(89)71-67-63-59-55-51-47-32-28-24-20-16-12-8-4)104-87(92)74-70-66-62-58-54-50-46-43-41-39-37-34-30-26-22-18-14-10-6-2/h9,13,21-22,25-26,28,32-37,40-44,48,50,52,54,62,66,81-83,88H,5-8,10-12,14-20,23-24,27,29-31,38-39,45-47,49,51,53,55-61,63-65,67-80H2,1-4H3,(H,93,94)(H,95,96)/b13-9-,25-21-,26-22-,32-28-,36-33-,37-34-,42-40-,43-41-,44-35-,52-48-,54-50-,66-62-/t81-,82+,83+/m0/s1. The van der Waals surface area contributed by atoms with Crippen molar-refractivity contribution < 1.29 is 80.2 Å². The van der Waals surface area contributed by atoms with E-state index in [1.54, 1.807) is 0 Å². The minimum absolute atomic E-state index is 0.0338. The molecule has 0 aromatic carbocycles. The van der Waals surface area contributed by atoms with Gasteiger partial charge in [-0.3, -0.25) is 37.3 Å². The predicted octanol–water partition coefficient (Wildman–Crippen LogP) is 24.2. The summed E-state index contributed by atoms with van der Waals surface area (Å²) in [5.74, 6) is -2.33. The first-order valence-electron chi connectivity index (χ1n) is 41.1. The number of hydrogen-bond acceptors (Lipinski definition) is 15. The van der Waals surface area contributed by atoms with Gasteiger partial charge in [0.25, 0.3) is 0 Å². The van der Waals surface area contributed by atoms with Gasteiger partial charge in [-0.15, -0.1) is 0 Å². The van der Waals surface area contributed by atoms with Crippen LogP contribution in [0.2, 0.25) is 0 Å². The van der Waals surface area contributed by atoms with Gasteiger partial charge in [-0.25, -0.2) is 9.13 Å². The number of allylic oxidation sites excluding steroid dienone is 24. The Morgan fingerprint density at radius 1 is 0.274 bits per heavy atom. The normalized spacial score (nSPS) is 14.6. The number of esters is 4. The van der Waals surface area contributed by atoms with E-state index in [0.717, 1.165) is 154 Å². The Kier molecular flexibility index (Phi) is 74.3. The van der Waals surface area contributed by atoms with E-state index in [-0.39, 0.29) is 25.7 Å². The highest BCUT2D eigenvalue weighted by Gasteiger charge is 2.30. The molecule has 5 atom stereocenters. The van der Waals surface area contributed by atoms with E-state index in [0.29, 0.717) is 32.1 Å². The molecule has 0 aliphatic heterocycles. The Balaban J connectivity index is 5.47. The molecule has 0 heterocycles. The van der Waals surface area contributed by atoms with Crippen molar-refractivity contribution in [3.63, 3.8) is 0 Å². The second-order valence-electron chi connectivity index (χ2n) is 27.0. The van der Waals surface area contributed by atoms with Crippen LogP contribution in [0, 0.1) is 0 Å². The number of ether oxygens (including phenoxy) is 4. The molecule has 2 unspecified atom stereocenters. The topological polar surface area (TPSA) is 237 Å². The average Bonchev–Trinajstić information content (AvgIpc) is 0.902. The molecule has 19 heteroatoms. The third-order valence-corrected chi connectivity index (χ3v) is 18.7. The van der Waals surface area contributed by atoms with Crippen molar-refractivity contribution >= 4 is 39.5 Å². The smallest absolute Gasteiger partial charge is 0.462 e. The summed E-state index contributed by atoms with van der Waals surface area (Å²) in [4.78, 5) is 73.0. The minimum atomic E-state index is -5.01. The number of carbonyl (C=O) groups excluding carboxylic acids is 4. The Morgan fingerprint density at radius 2 is 0.509 bits per heavy atom. The number of unbranched alkanes of at least 4 members (excludes halogenated alkanes) is 26. The van der Waals surface area contributed by atoms with Crippen LogP contribution in [0.5, 0.6) is 0 Å². The van der Waals surface area contributed by atoms with E-state index in [2.05, 4.69) is 155 Å². The van der Waals surface area contributed by atoms with Gasteiger partial charge >= 0.3 is 39.5 Å². The Bertz CT molecular complexity index is 2580. The van der Waals surface area contributed by atoms with Gasteiger partial charge in [0.2, 0.25) is 0 Å². The third-order valence-electron chi connectivity index (χ3n) is 16.8. The first-order chi connectivity index (χ1) is 51.7. The fourth-order valence-electron chi connectivity index (χ4n) is 10.5. The molecule has 0 bridgehead atoms. The fourth-order valence-corrected chi connectivity index (χ4v) is 12.1. The zero-order valence-corrected chi connectivity index (χ0v) is 68.1. The van der Waals surface area contributed by atoms with E-state index in [9.17, 15) is 43.2 Å². The van der Waals surface area contributed by atoms with Crippen LogP contribution in [0.15, 0.2) is 146 Å². The molecule has 0 radical (unpaired) electrons. The van der Waals surface area contributed by atoms with Crippen LogP contribution in [0.25, 0.3) is 0 Å². The number of hydrogen-bond donors (Lipinski definition) is 3. The van der Waals surface area contributed by atoms with Crippen LogP contribution in [0.4, 0.5) is 0 Å². The molecule has 0 amide bonds. The van der Waals surface area contributed by atoms with E-state index in [1.165, 1.54) is 83.5 Å². The highest BCUT2D eigenvalue weighted by Crippen LogP contribution is 2.45. The van der Waals surface area contributed by atoms with E-state index in [4.69, 9.17) is 37.0 Å². The second kappa shape index (κ2) is 78.1. The van der Waals surface area contributed by atoms with Crippen molar-refractivity contribution in [1.29, 1.82) is 0 Å². The molecule has 0 saturated heterocycles. The molecule has 17 nitrogen and oxygen atoms in total. The van der Waals surface area contributed by atoms with Crippen LogP contribution in [0.1, 0.15) is 323 Å². The van der Waals surface area contributed by atoms with Crippen molar-refractivity contribution in [3.8, 4) is 0 Å². The monoisotopic (exact) mass is 1530 g/mol. The largest absolute Gasteiger partial charge is 0.472 e. The summed E-state index contributed by atoms with van der Waals surface area (Å²) in [5, 5.41) is 10.6. The molecule has 0 aliphatic rings. The summed E-state index contributed by atoms with van der Waals surface area (Å²) >= 11 is 0. The van der Waals surface area contributed by atoms with Crippen molar-refractivity contribution in [2.75, 3.05) is 39.6 Å². The lowest BCUT2D eigenvalue weighted by molar-refractivity contribution is -0.161. The molecule has 0 spiro atoms. The van der Waals surface area contributed by atoms with Crippen LogP contribution < -0.4 is 0 Å². The third kappa shape index (κ3) is 77.1. The van der Waals surface area contributed by atoms with Crippen LogP contribution >= 0.6 is 15.6 Å². The summed E-state index contributed by atoms with van der Waals surface area (Å²) in [6.07, 6.45) is 89.8. The van der Waals surface area contributed by atoms with Gasteiger partial charge in [0.1, 0.15) is 19.3 Å². The summed E-state index contributed by atoms with van der Waals surface area (Å²) < 4.78 is 68.5. The second-order valence-corrected chi connectivity index (χ2v) is 29.9. The molecule has 0 fully saturated rings. The number of phosphoric acid groups is 2. The van der Waals surface area contributed by atoms with Crippen LogP contribution in [-0.4, -0.2) is 96.7 Å². The lowest BCUT2D eigenvalue weighted by atomic mass is 10.1. The highest BCUT2D eigenvalue weighted by molar-refractivity contribution is 7.47. The zero-order valence-electron chi connectivity index (χ0n) is 66.3. The highest BCUT2D eigenvalue weighted by atomic mass is 31.2. The average molecular weight is 1530 g/mol. The molecule has 0 aliphatic carbocycles. The predicted molar refractivity (Wildman–Crippen MR) is 436 cm³/mol. The van der Waals surface area contributed by atoms with Gasteiger partial charge in [-0.05, 0) is 161 Å². The number of carbonyl (C=O) groups is 4. The first kappa shape index (κ1) is 101. The van der Waals surface area contributed by atoms with Crippen molar-refractivity contribution in [1.82, 2.24) is 0 Å². The van der Waals surface area contributed by atoms with Crippen LogP contribution in [0.3, 0.4) is 0 Å². The summed E-state index contributed by atoms with van der Waals surface area (Å²) in [6, 6.07) is 0. The first-order valence-corrected chi connectivity index (χ1v) is 44.1. The van der Waals surface area contributed by atoms with Gasteiger partial charge < -0.3 is 33.8 Å². The van der Waals surface area contributed by atoms with Gasteiger partial charge in [-0.2, -0.15) is 0 Å². The van der Waals surface area contributed by atoms with Crippen molar-refractivity contribution in [2.24, 2.45) is 0 Å².